The van der Waals surface area contributed by atoms with E-state index in [2.05, 4.69) is 10.3 Å². The summed E-state index contributed by atoms with van der Waals surface area (Å²) in [6, 6.07) is 22.3. The first-order valence-electron chi connectivity index (χ1n) is 10.6. The summed E-state index contributed by atoms with van der Waals surface area (Å²) in [6.07, 6.45) is 3.54. The molecule has 0 aliphatic heterocycles. The Bertz CT molecular complexity index is 1530. The van der Waals surface area contributed by atoms with Gasteiger partial charge in [-0.1, -0.05) is 24.3 Å². The Morgan fingerprint density at radius 2 is 1.79 bits per heavy atom. The van der Waals surface area contributed by atoms with Crippen LogP contribution < -0.4 is 15.6 Å². The highest BCUT2D eigenvalue weighted by molar-refractivity contribution is 5.94. The van der Waals surface area contributed by atoms with Crippen LogP contribution in [0, 0.1) is 0 Å². The van der Waals surface area contributed by atoms with E-state index in [1.165, 1.54) is 0 Å². The third kappa shape index (κ3) is 3.96. The quantitative estimate of drug-likeness (QED) is 0.439. The van der Waals surface area contributed by atoms with Gasteiger partial charge in [0.15, 0.2) is 5.65 Å². The fourth-order valence-corrected chi connectivity index (χ4v) is 3.99. The molecule has 0 aliphatic rings. The number of ether oxygens (including phenoxy) is 1. The van der Waals surface area contributed by atoms with Crippen molar-refractivity contribution in [2.75, 3.05) is 7.11 Å². The molecule has 0 bridgehead atoms. The standard InChI is InChI=1S/C26H22N4O3/c1-33-21-9-3-6-18(15-21)16-28-25(31)20-8-2-7-19(14-20)17-30-24-22(10-4-12-27-24)29-13-5-11-23(29)26(30)32/h2-15H,16-17H2,1H3,(H,28,31). The zero-order chi connectivity index (χ0) is 22.8. The van der Waals surface area contributed by atoms with E-state index < -0.39 is 0 Å². The topological polar surface area (TPSA) is 77.6 Å². The van der Waals surface area contributed by atoms with E-state index in [1.807, 2.05) is 71.3 Å². The number of hydrogen-bond acceptors (Lipinski definition) is 4. The lowest BCUT2D eigenvalue weighted by atomic mass is 10.1. The van der Waals surface area contributed by atoms with Crippen molar-refractivity contribution in [3.05, 3.63) is 112 Å². The van der Waals surface area contributed by atoms with Crippen molar-refractivity contribution in [1.82, 2.24) is 19.3 Å². The molecule has 0 saturated heterocycles. The van der Waals surface area contributed by atoms with Crippen molar-refractivity contribution in [3.63, 3.8) is 0 Å². The van der Waals surface area contributed by atoms with E-state index >= 15 is 0 Å². The number of carbonyl (C=O) groups excluding carboxylic acids is 1. The van der Waals surface area contributed by atoms with E-state index in [-0.39, 0.29) is 11.5 Å². The molecule has 0 saturated carbocycles. The fourth-order valence-electron chi connectivity index (χ4n) is 3.99. The van der Waals surface area contributed by atoms with E-state index in [9.17, 15) is 9.59 Å². The van der Waals surface area contributed by atoms with Crippen molar-refractivity contribution < 1.29 is 9.53 Å². The molecule has 0 spiro atoms. The molecule has 7 nitrogen and oxygen atoms in total. The average Bonchev–Trinajstić information content (AvgIpc) is 3.36. The number of rotatable bonds is 6. The predicted molar refractivity (Wildman–Crippen MR) is 127 cm³/mol. The Labute approximate surface area is 189 Å². The average molecular weight is 438 g/mol. The molecule has 1 amide bonds. The van der Waals surface area contributed by atoms with Crippen LogP contribution in [0.4, 0.5) is 0 Å². The van der Waals surface area contributed by atoms with Crippen LogP contribution in [0.15, 0.2) is 90.0 Å². The highest BCUT2D eigenvalue weighted by atomic mass is 16.5. The van der Waals surface area contributed by atoms with E-state index in [1.54, 1.807) is 30.0 Å². The lowest BCUT2D eigenvalue weighted by molar-refractivity contribution is 0.0950. The Morgan fingerprint density at radius 1 is 0.970 bits per heavy atom. The molecule has 0 unspecified atom stereocenters. The largest absolute Gasteiger partial charge is 0.497 e. The number of hydrogen-bond donors (Lipinski definition) is 1. The zero-order valence-electron chi connectivity index (χ0n) is 18.1. The molecule has 5 rings (SSSR count). The molecular weight excluding hydrogens is 416 g/mol. The first kappa shape index (κ1) is 20.5. The Hall–Kier alpha value is -4.39. The van der Waals surface area contributed by atoms with Crippen LogP contribution in [-0.2, 0) is 13.1 Å². The van der Waals surface area contributed by atoms with Crippen molar-refractivity contribution in [2.24, 2.45) is 0 Å². The van der Waals surface area contributed by atoms with Gasteiger partial charge in [-0.3, -0.25) is 14.2 Å². The molecule has 3 heterocycles. The third-order valence-corrected chi connectivity index (χ3v) is 5.61. The number of aromatic nitrogens is 3. The van der Waals surface area contributed by atoms with Crippen LogP contribution in [0.3, 0.4) is 0 Å². The number of nitrogens with zero attached hydrogens (tertiary/aromatic N) is 3. The van der Waals surface area contributed by atoms with Gasteiger partial charge < -0.3 is 14.5 Å². The molecular formula is C26H22N4O3. The van der Waals surface area contributed by atoms with Gasteiger partial charge in [-0.15, -0.1) is 0 Å². The van der Waals surface area contributed by atoms with E-state index in [0.717, 1.165) is 22.4 Å². The van der Waals surface area contributed by atoms with Crippen LogP contribution in [0.25, 0.3) is 16.7 Å². The van der Waals surface area contributed by atoms with Gasteiger partial charge in [-0.2, -0.15) is 0 Å². The highest BCUT2D eigenvalue weighted by Gasteiger charge is 2.13. The summed E-state index contributed by atoms with van der Waals surface area (Å²) in [5, 5.41) is 2.94. The van der Waals surface area contributed by atoms with Crippen molar-refractivity contribution >= 4 is 22.6 Å². The molecule has 7 heteroatoms. The van der Waals surface area contributed by atoms with E-state index in [0.29, 0.717) is 29.8 Å². The monoisotopic (exact) mass is 438 g/mol. The minimum Gasteiger partial charge on any atom is -0.497 e. The number of carbonyl (C=O) groups is 1. The Morgan fingerprint density at radius 3 is 2.67 bits per heavy atom. The maximum Gasteiger partial charge on any atom is 0.276 e. The molecule has 5 aromatic rings. The molecule has 3 aromatic heterocycles. The number of methoxy groups -OCH3 is 1. The molecule has 0 atom stereocenters. The lowest BCUT2D eigenvalue weighted by Gasteiger charge is -2.12. The minimum atomic E-state index is -0.183. The first-order valence-corrected chi connectivity index (χ1v) is 10.6. The SMILES string of the molecule is COc1cccc(CNC(=O)c2cccc(Cn3c(=O)c4cccn4c4cccnc43)c2)c1. The summed E-state index contributed by atoms with van der Waals surface area (Å²) in [7, 11) is 1.61. The maximum atomic E-state index is 13.2. The van der Waals surface area contributed by atoms with Gasteiger partial charge in [0, 0.05) is 24.5 Å². The number of fused-ring (bicyclic) bond motifs is 3. The number of amides is 1. The van der Waals surface area contributed by atoms with Crippen LogP contribution in [-0.4, -0.2) is 27.0 Å². The third-order valence-electron chi connectivity index (χ3n) is 5.61. The van der Waals surface area contributed by atoms with Gasteiger partial charge in [-0.25, -0.2) is 4.98 Å². The summed E-state index contributed by atoms with van der Waals surface area (Å²) in [5.41, 5.74) is 4.23. The van der Waals surface area contributed by atoms with Crippen molar-refractivity contribution in [3.8, 4) is 5.75 Å². The molecule has 0 fully saturated rings. The van der Waals surface area contributed by atoms with E-state index in [4.69, 9.17) is 4.74 Å². The van der Waals surface area contributed by atoms with Crippen LogP contribution >= 0.6 is 0 Å². The van der Waals surface area contributed by atoms with Crippen LogP contribution in [0.2, 0.25) is 0 Å². The molecule has 33 heavy (non-hydrogen) atoms. The zero-order valence-corrected chi connectivity index (χ0v) is 18.1. The number of benzene rings is 2. The lowest BCUT2D eigenvalue weighted by Crippen LogP contribution is -2.25. The second-order valence-electron chi connectivity index (χ2n) is 7.74. The summed E-state index contributed by atoms with van der Waals surface area (Å²) in [6.45, 7) is 0.699. The summed E-state index contributed by atoms with van der Waals surface area (Å²) < 4.78 is 8.73. The summed E-state index contributed by atoms with van der Waals surface area (Å²) in [4.78, 5) is 30.4. The first-order chi connectivity index (χ1) is 16.1. The maximum absolute atomic E-state index is 13.2. The van der Waals surface area contributed by atoms with Gasteiger partial charge in [-0.05, 0) is 59.7 Å². The number of nitrogens with one attached hydrogen (secondary N) is 1. The van der Waals surface area contributed by atoms with Crippen LogP contribution in [0.1, 0.15) is 21.5 Å². The normalized spacial score (nSPS) is 11.1. The van der Waals surface area contributed by atoms with Crippen molar-refractivity contribution in [1.29, 1.82) is 0 Å². The molecule has 0 radical (unpaired) electrons. The minimum absolute atomic E-state index is 0.126. The molecule has 164 valence electrons. The smallest absolute Gasteiger partial charge is 0.276 e. The highest BCUT2D eigenvalue weighted by Crippen LogP contribution is 2.16. The van der Waals surface area contributed by atoms with Crippen molar-refractivity contribution in [2.45, 2.75) is 13.1 Å². The van der Waals surface area contributed by atoms with Gasteiger partial charge >= 0.3 is 0 Å². The number of pyridine rings is 1. The molecule has 1 N–H and O–H groups in total. The molecule has 2 aromatic carbocycles. The van der Waals surface area contributed by atoms with Gasteiger partial charge in [0.05, 0.1) is 19.2 Å². The predicted octanol–water partition coefficient (Wildman–Crippen LogP) is 3.64. The Balaban J connectivity index is 1.42. The van der Waals surface area contributed by atoms with Gasteiger partial charge in [0.2, 0.25) is 0 Å². The van der Waals surface area contributed by atoms with Crippen LogP contribution in [0.5, 0.6) is 5.75 Å². The second-order valence-corrected chi connectivity index (χ2v) is 7.74. The summed E-state index contributed by atoms with van der Waals surface area (Å²) in [5.74, 6) is 0.562. The Kier molecular flexibility index (Phi) is 5.36. The fraction of sp³-hybridized carbons (Fsp3) is 0.115. The van der Waals surface area contributed by atoms with Gasteiger partial charge in [0.25, 0.3) is 11.5 Å². The second kappa shape index (κ2) is 8.63. The molecule has 0 aliphatic carbocycles. The van der Waals surface area contributed by atoms with Gasteiger partial charge in [0.1, 0.15) is 11.3 Å². The summed E-state index contributed by atoms with van der Waals surface area (Å²) >= 11 is 0.